The molecule has 1 aromatic carbocycles. The van der Waals surface area contributed by atoms with Crippen LogP contribution in [0.3, 0.4) is 0 Å². The number of esters is 1. The van der Waals surface area contributed by atoms with E-state index < -0.39 is 19.1 Å². The highest BCUT2D eigenvalue weighted by Crippen LogP contribution is 2.41. The molecule has 27 heavy (non-hydrogen) atoms. The lowest BCUT2D eigenvalue weighted by Crippen LogP contribution is -2.43. The highest BCUT2D eigenvalue weighted by Gasteiger charge is 2.41. The molecule has 1 aliphatic carbocycles. The fraction of sp³-hybridized carbons (Fsp3) is 0.571. The third-order valence-corrected chi connectivity index (χ3v) is 11.7. The van der Waals surface area contributed by atoms with Crippen LogP contribution in [0.15, 0.2) is 40.1 Å². The van der Waals surface area contributed by atoms with Gasteiger partial charge in [0.2, 0.25) is 0 Å². The first-order chi connectivity index (χ1) is 12.4. The molecule has 0 saturated heterocycles. The van der Waals surface area contributed by atoms with Crippen molar-refractivity contribution in [2.45, 2.75) is 69.7 Å². The molecule has 0 unspecified atom stereocenters. The summed E-state index contributed by atoms with van der Waals surface area (Å²) >= 11 is 0. The second-order valence-corrected chi connectivity index (χ2v) is 15.0. The zero-order valence-corrected chi connectivity index (χ0v) is 19.3. The van der Waals surface area contributed by atoms with Crippen LogP contribution in [0.2, 0.25) is 18.1 Å². The number of methoxy groups -OCH3 is 1. The van der Waals surface area contributed by atoms with E-state index in [1.54, 1.807) is 0 Å². The summed E-state index contributed by atoms with van der Waals surface area (Å²) in [6, 6.07) is 7.70. The Morgan fingerprint density at radius 3 is 2.33 bits per heavy atom. The molecular formula is C21H32O4SSi. The topological polar surface area (TPSA) is 52.6 Å². The SMILES string of the molecule is COC(=O)C[C@H]1C[C@H](O[Si](C)(C)C(C)(C)C)C=C1[S@@](=O)c1ccc(C)cc1. The first-order valence-corrected chi connectivity index (χ1v) is 13.4. The number of benzene rings is 1. The van der Waals surface area contributed by atoms with Crippen LogP contribution >= 0.6 is 0 Å². The van der Waals surface area contributed by atoms with E-state index in [1.807, 2.05) is 37.3 Å². The summed E-state index contributed by atoms with van der Waals surface area (Å²) in [6.07, 6.45) is 2.79. The number of aryl methyl sites for hydroxylation is 1. The third-order valence-electron chi connectivity index (χ3n) is 5.61. The molecule has 2 rings (SSSR count). The van der Waals surface area contributed by atoms with Crippen LogP contribution in [-0.4, -0.2) is 31.7 Å². The molecule has 0 N–H and O–H groups in total. The van der Waals surface area contributed by atoms with Crippen LogP contribution in [-0.2, 0) is 24.8 Å². The molecule has 0 aliphatic heterocycles. The number of hydrogen-bond donors (Lipinski definition) is 0. The number of ether oxygens (including phenoxy) is 1. The molecule has 6 heteroatoms. The number of carbonyl (C=O) groups is 1. The number of rotatable bonds is 6. The van der Waals surface area contributed by atoms with Crippen molar-refractivity contribution >= 4 is 25.1 Å². The van der Waals surface area contributed by atoms with Crippen molar-refractivity contribution in [3.8, 4) is 0 Å². The molecule has 0 heterocycles. The van der Waals surface area contributed by atoms with Gasteiger partial charge in [0.25, 0.3) is 0 Å². The van der Waals surface area contributed by atoms with E-state index in [-0.39, 0.29) is 29.5 Å². The molecule has 0 amide bonds. The van der Waals surface area contributed by atoms with Gasteiger partial charge < -0.3 is 9.16 Å². The summed E-state index contributed by atoms with van der Waals surface area (Å²) in [5.41, 5.74) is 1.13. The highest BCUT2D eigenvalue weighted by atomic mass is 32.2. The van der Waals surface area contributed by atoms with Gasteiger partial charge in [-0.15, -0.1) is 0 Å². The minimum Gasteiger partial charge on any atom is -0.469 e. The molecule has 0 spiro atoms. The fourth-order valence-electron chi connectivity index (χ4n) is 2.90. The van der Waals surface area contributed by atoms with Crippen LogP contribution in [0.4, 0.5) is 0 Å². The predicted molar refractivity (Wildman–Crippen MR) is 112 cm³/mol. The van der Waals surface area contributed by atoms with Gasteiger partial charge in [0.05, 0.1) is 30.4 Å². The average Bonchev–Trinajstić information content (AvgIpc) is 2.95. The smallest absolute Gasteiger partial charge is 0.306 e. The van der Waals surface area contributed by atoms with Gasteiger partial charge in [0, 0.05) is 15.7 Å². The number of allylic oxidation sites excluding steroid dienone is 1. The van der Waals surface area contributed by atoms with E-state index in [0.717, 1.165) is 15.4 Å². The van der Waals surface area contributed by atoms with E-state index in [4.69, 9.17) is 9.16 Å². The molecule has 3 atom stereocenters. The molecule has 0 saturated carbocycles. The summed E-state index contributed by atoms with van der Waals surface area (Å²) in [6.45, 7) is 13.0. The van der Waals surface area contributed by atoms with Gasteiger partial charge in [0.1, 0.15) is 0 Å². The largest absolute Gasteiger partial charge is 0.469 e. The molecule has 0 aromatic heterocycles. The maximum Gasteiger partial charge on any atom is 0.306 e. The molecule has 4 nitrogen and oxygen atoms in total. The van der Waals surface area contributed by atoms with Crippen LogP contribution in [0.1, 0.15) is 39.2 Å². The zero-order valence-electron chi connectivity index (χ0n) is 17.5. The minimum absolute atomic E-state index is 0.0948. The normalized spacial score (nSPS) is 21.7. The van der Waals surface area contributed by atoms with E-state index in [1.165, 1.54) is 7.11 Å². The Labute approximate surface area is 166 Å². The Morgan fingerprint density at radius 2 is 1.81 bits per heavy atom. The van der Waals surface area contributed by atoms with E-state index in [9.17, 15) is 9.00 Å². The first-order valence-electron chi connectivity index (χ1n) is 9.39. The fourth-order valence-corrected chi connectivity index (χ4v) is 5.59. The van der Waals surface area contributed by atoms with Gasteiger partial charge in [-0.3, -0.25) is 4.79 Å². The zero-order chi connectivity index (χ0) is 20.4. The van der Waals surface area contributed by atoms with E-state index in [2.05, 4.69) is 33.9 Å². The average molecular weight is 409 g/mol. The first kappa shape index (κ1) is 22.1. The van der Waals surface area contributed by atoms with Crippen molar-refractivity contribution in [2.24, 2.45) is 5.92 Å². The lowest BCUT2D eigenvalue weighted by molar-refractivity contribution is -0.141. The molecule has 0 radical (unpaired) electrons. The van der Waals surface area contributed by atoms with Gasteiger partial charge in [-0.05, 0) is 49.7 Å². The van der Waals surface area contributed by atoms with E-state index in [0.29, 0.717) is 6.42 Å². The summed E-state index contributed by atoms with van der Waals surface area (Å²) in [5, 5.41) is 0.0948. The maximum absolute atomic E-state index is 13.2. The van der Waals surface area contributed by atoms with Crippen molar-refractivity contribution in [3.05, 3.63) is 40.8 Å². The third kappa shape index (κ3) is 5.39. The van der Waals surface area contributed by atoms with Crippen molar-refractivity contribution in [3.63, 3.8) is 0 Å². The Hall–Kier alpha value is -1.24. The second kappa shape index (κ2) is 8.41. The van der Waals surface area contributed by atoms with E-state index >= 15 is 0 Å². The summed E-state index contributed by atoms with van der Waals surface area (Å²) in [5.74, 6) is -0.394. The van der Waals surface area contributed by atoms with Gasteiger partial charge >= 0.3 is 5.97 Å². The van der Waals surface area contributed by atoms with Gasteiger partial charge in [-0.25, -0.2) is 4.21 Å². The van der Waals surface area contributed by atoms with Crippen molar-refractivity contribution in [1.82, 2.24) is 0 Å². The summed E-state index contributed by atoms with van der Waals surface area (Å²) in [4.78, 5) is 13.4. The second-order valence-electron chi connectivity index (χ2n) is 8.78. The lowest BCUT2D eigenvalue weighted by Gasteiger charge is -2.38. The van der Waals surface area contributed by atoms with Crippen molar-refractivity contribution in [2.75, 3.05) is 7.11 Å². The Morgan fingerprint density at radius 1 is 1.22 bits per heavy atom. The Kier molecular flexibility index (Phi) is 6.87. The summed E-state index contributed by atoms with van der Waals surface area (Å²) < 4.78 is 24.6. The summed E-state index contributed by atoms with van der Waals surface area (Å²) in [7, 11) is -1.87. The van der Waals surface area contributed by atoms with Gasteiger partial charge in [-0.1, -0.05) is 38.5 Å². The standard InChI is InChI=1S/C21H32O4SSi/c1-15-8-10-18(11-9-15)26(23)19-14-17(12-16(19)13-20(22)24-5)25-27(6,7)21(2,3)4/h8-11,14,16-17H,12-13H2,1-7H3/t16-,17+,26+/m1/s1. The van der Waals surface area contributed by atoms with Crippen molar-refractivity contribution in [1.29, 1.82) is 0 Å². The highest BCUT2D eigenvalue weighted by molar-refractivity contribution is 7.89. The minimum atomic E-state index is -1.96. The van der Waals surface area contributed by atoms with Crippen molar-refractivity contribution < 1.29 is 18.2 Å². The molecular weight excluding hydrogens is 376 g/mol. The molecule has 150 valence electrons. The number of carbonyl (C=O) groups excluding carboxylic acids is 1. The van der Waals surface area contributed by atoms with Gasteiger partial charge in [0.15, 0.2) is 8.32 Å². The molecule has 0 fully saturated rings. The predicted octanol–water partition coefficient (Wildman–Crippen LogP) is 4.96. The van der Waals surface area contributed by atoms with Crippen LogP contribution < -0.4 is 0 Å². The molecule has 0 bridgehead atoms. The lowest BCUT2D eigenvalue weighted by atomic mass is 10.0. The Bertz CT molecular complexity index is 732. The molecule has 1 aromatic rings. The quantitative estimate of drug-likeness (QED) is 0.493. The monoisotopic (exact) mass is 408 g/mol. The molecule has 1 aliphatic rings. The maximum atomic E-state index is 13.2. The van der Waals surface area contributed by atoms with Crippen LogP contribution in [0, 0.1) is 12.8 Å². The van der Waals surface area contributed by atoms with Crippen LogP contribution in [0.25, 0.3) is 0 Å². The number of hydrogen-bond acceptors (Lipinski definition) is 4. The Balaban J connectivity index is 2.28. The van der Waals surface area contributed by atoms with Crippen LogP contribution in [0.5, 0.6) is 0 Å². The van der Waals surface area contributed by atoms with Gasteiger partial charge in [-0.2, -0.15) is 0 Å².